The van der Waals surface area contributed by atoms with Gasteiger partial charge in [0.25, 0.3) is 0 Å². The summed E-state index contributed by atoms with van der Waals surface area (Å²) in [6.07, 6.45) is 3.66. The maximum Gasteiger partial charge on any atom is 0.0547 e. The molecule has 0 bridgehead atoms. The van der Waals surface area contributed by atoms with Crippen molar-refractivity contribution >= 4 is 0 Å². The first-order chi connectivity index (χ1) is 4.81. The zero-order valence-corrected chi connectivity index (χ0v) is 7.10. The van der Waals surface area contributed by atoms with Crippen LogP contribution < -0.4 is 5.73 Å². The van der Waals surface area contributed by atoms with E-state index < -0.39 is 0 Å². The van der Waals surface area contributed by atoms with E-state index in [0.29, 0.717) is 6.10 Å². The summed E-state index contributed by atoms with van der Waals surface area (Å²) in [5.74, 6) is 0. The Kier molecular flexibility index (Phi) is 6.98. The van der Waals surface area contributed by atoms with Gasteiger partial charge in [0.05, 0.1) is 6.10 Å². The van der Waals surface area contributed by atoms with Crippen molar-refractivity contribution in [2.24, 2.45) is 5.73 Å². The third-order valence-corrected chi connectivity index (χ3v) is 1.42. The summed E-state index contributed by atoms with van der Waals surface area (Å²) in [5, 5.41) is 0. The van der Waals surface area contributed by atoms with Gasteiger partial charge in [0.1, 0.15) is 0 Å². The third kappa shape index (κ3) is 6.05. The van der Waals surface area contributed by atoms with Crippen LogP contribution >= 0.6 is 0 Å². The second kappa shape index (κ2) is 7.03. The molecule has 0 fully saturated rings. The van der Waals surface area contributed by atoms with Crippen molar-refractivity contribution < 1.29 is 4.74 Å². The first kappa shape index (κ1) is 9.92. The number of hydrogen-bond acceptors (Lipinski definition) is 2. The molecule has 0 heterocycles. The second-order valence-electron chi connectivity index (χ2n) is 2.61. The van der Waals surface area contributed by atoms with Gasteiger partial charge >= 0.3 is 0 Å². The molecule has 2 nitrogen and oxygen atoms in total. The summed E-state index contributed by atoms with van der Waals surface area (Å²) < 4.78 is 5.44. The molecule has 0 rings (SSSR count). The minimum atomic E-state index is 0.392. The molecule has 1 atom stereocenters. The first-order valence-corrected chi connectivity index (χ1v) is 4.13. The number of hydrogen-bond donors (Lipinski definition) is 1. The van der Waals surface area contributed by atoms with E-state index in [0.717, 1.165) is 32.4 Å². The van der Waals surface area contributed by atoms with Crippen molar-refractivity contribution in [3.05, 3.63) is 0 Å². The van der Waals surface area contributed by atoms with Crippen LogP contribution in [0, 0.1) is 0 Å². The SMILES string of the molecule is CCCOC(C)CCCN. The molecule has 10 heavy (non-hydrogen) atoms. The molecule has 62 valence electrons. The van der Waals surface area contributed by atoms with Crippen molar-refractivity contribution in [2.45, 2.75) is 39.2 Å². The Morgan fingerprint density at radius 3 is 2.70 bits per heavy atom. The molecular formula is C8H19NO. The molecule has 2 N–H and O–H groups in total. The lowest BCUT2D eigenvalue weighted by atomic mass is 10.2. The highest BCUT2D eigenvalue weighted by Crippen LogP contribution is 2.00. The van der Waals surface area contributed by atoms with E-state index in [1.807, 2.05) is 0 Å². The summed E-state index contributed by atoms with van der Waals surface area (Å²) >= 11 is 0. The summed E-state index contributed by atoms with van der Waals surface area (Å²) in [4.78, 5) is 0. The zero-order valence-electron chi connectivity index (χ0n) is 7.10. The maximum absolute atomic E-state index is 5.44. The predicted molar refractivity (Wildman–Crippen MR) is 44.0 cm³/mol. The molecule has 0 saturated carbocycles. The minimum Gasteiger partial charge on any atom is -0.379 e. The Morgan fingerprint density at radius 2 is 2.20 bits per heavy atom. The number of nitrogens with two attached hydrogens (primary N) is 1. The van der Waals surface area contributed by atoms with E-state index in [9.17, 15) is 0 Å². The van der Waals surface area contributed by atoms with Crippen LogP contribution in [0.15, 0.2) is 0 Å². The molecule has 0 aromatic carbocycles. The molecule has 0 aromatic rings. The van der Waals surface area contributed by atoms with E-state index in [1.54, 1.807) is 0 Å². The lowest BCUT2D eigenvalue weighted by Crippen LogP contribution is -2.11. The minimum absolute atomic E-state index is 0.392. The molecular weight excluding hydrogens is 126 g/mol. The summed E-state index contributed by atoms with van der Waals surface area (Å²) in [7, 11) is 0. The Hall–Kier alpha value is -0.0800. The highest BCUT2D eigenvalue weighted by molar-refractivity contribution is 4.50. The van der Waals surface area contributed by atoms with E-state index in [1.165, 1.54) is 0 Å². The second-order valence-corrected chi connectivity index (χ2v) is 2.61. The van der Waals surface area contributed by atoms with E-state index >= 15 is 0 Å². The Morgan fingerprint density at radius 1 is 1.50 bits per heavy atom. The highest BCUT2D eigenvalue weighted by Gasteiger charge is 1.98. The van der Waals surface area contributed by atoms with Crippen LogP contribution in [-0.2, 0) is 4.74 Å². The Balaban J connectivity index is 3.00. The Bertz CT molecular complexity index is 58.3. The molecule has 0 aliphatic heterocycles. The average molecular weight is 145 g/mol. The number of rotatable bonds is 6. The van der Waals surface area contributed by atoms with Gasteiger partial charge in [-0.3, -0.25) is 0 Å². The van der Waals surface area contributed by atoms with Gasteiger partial charge in [-0.1, -0.05) is 6.92 Å². The molecule has 2 heteroatoms. The Labute approximate surface area is 63.7 Å². The van der Waals surface area contributed by atoms with Crippen LogP contribution in [0.2, 0.25) is 0 Å². The largest absolute Gasteiger partial charge is 0.379 e. The summed E-state index contributed by atoms with van der Waals surface area (Å²) in [5.41, 5.74) is 5.35. The fraction of sp³-hybridized carbons (Fsp3) is 1.00. The molecule has 0 saturated heterocycles. The van der Waals surface area contributed by atoms with Crippen molar-refractivity contribution in [1.82, 2.24) is 0 Å². The lowest BCUT2D eigenvalue weighted by molar-refractivity contribution is 0.0599. The van der Waals surface area contributed by atoms with Crippen molar-refractivity contribution in [2.75, 3.05) is 13.2 Å². The summed E-state index contributed by atoms with van der Waals surface area (Å²) in [6.45, 7) is 5.88. The molecule has 0 radical (unpaired) electrons. The topological polar surface area (TPSA) is 35.2 Å². The van der Waals surface area contributed by atoms with Crippen LogP contribution in [-0.4, -0.2) is 19.3 Å². The quantitative estimate of drug-likeness (QED) is 0.615. The molecule has 0 aromatic heterocycles. The predicted octanol–water partition coefficient (Wildman–Crippen LogP) is 1.54. The van der Waals surface area contributed by atoms with Crippen molar-refractivity contribution in [1.29, 1.82) is 0 Å². The average Bonchev–Trinajstić information content (AvgIpc) is 1.97. The van der Waals surface area contributed by atoms with E-state index in [4.69, 9.17) is 10.5 Å². The molecule has 0 aliphatic carbocycles. The van der Waals surface area contributed by atoms with Gasteiger partial charge in [-0.05, 0) is 32.7 Å². The third-order valence-electron chi connectivity index (χ3n) is 1.42. The van der Waals surface area contributed by atoms with Crippen LogP contribution in [0.5, 0.6) is 0 Å². The first-order valence-electron chi connectivity index (χ1n) is 4.13. The van der Waals surface area contributed by atoms with Gasteiger partial charge in [0.15, 0.2) is 0 Å². The monoisotopic (exact) mass is 145 g/mol. The smallest absolute Gasteiger partial charge is 0.0547 e. The summed E-state index contributed by atoms with van der Waals surface area (Å²) in [6, 6.07) is 0. The maximum atomic E-state index is 5.44. The fourth-order valence-electron chi connectivity index (χ4n) is 0.808. The highest BCUT2D eigenvalue weighted by atomic mass is 16.5. The standard InChI is InChI=1S/C8H19NO/c1-3-7-10-8(2)5-4-6-9/h8H,3-7,9H2,1-2H3. The van der Waals surface area contributed by atoms with Crippen LogP contribution in [0.3, 0.4) is 0 Å². The van der Waals surface area contributed by atoms with Crippen molar-refractivity contribution in [3.8, 4) is 0 Å². The van der Waals surface area contributed by atoms with Gasteiger partial charge in [0, 0.05) is 6.61 Å². The fourth-order valence-corrected chi connectivity index (χ4v) is 0.808. The number of ether oxygens (including phenoxy) is 1. The zero-order chi connectivity index (χ0) is 7.82. The lowest BCUT2D eigenvalue weighted by Gasteiger charge is -2.10. The molecule has 0 spiro atoms. The van der Waals surface area contributed by atoms with Gasteiger partial charge in [-0.15, -0.1) is 0 Å². The van der Waals surface area contributed by atoms with Gasteiger partial charge in [0.2, 0.25) is 0 Å². The molecule has 0 aliphatic rings. The van der Waals surface area contributed by atoms with Crippen molar-refractivity contribution in [3.63, 3.8) is 0 Å². The van der Waals surface area contributed by atoms with Gasteiger partial charge in [-0.2, -0.15) is 0 Å². The normalized spacial score (nSPS) is 13.5. The van der Waals surface area contributed by atoms with Gasteiger partial charge in [-0.25, -0.2) is 0 Å². The molecule has 0 amide bonds. The van der Waals surface area contributed by atoms with Gasteiger partial charge < -0.3 is 10.5 Å². The molecule has 1 unspecified atom stereocenters. The van der Waals surface area contributed by atoms with Crippen LogP contribution in [0.25, 0.3) is 0 Å². The van der Waals surface area contributed by atoms with E-state index in [2.05, 4.69) is 13.8 Å². The van der Waals surface area contributed by atoms with E-state index in [-0.39, 0.29) is 0 Å². The van der Waals surface area contributed by atoms with Crippen LogP contribution in [0.4, 0.5) is 0 Å². The van der Waals surface area contributed by atoms with Crippen LogP contribution in [0.1, 0.15) is 33.1 Å².